The highest BCUT2D eigenvalue weighted by molar-refractivity contribution is 5.65. The Morgan fingerprint density at radius 1 is 1.38 bits per heavy atom. The summed E-state index contributed by atoms with van der Waals surface area (Å²) in [6.07, 6.45) is 3.19. The molecule has 0 spiro atoms. The van der Waals surface area contributed by atoms with Crippen LogP contribution < -0.4 is 5.32 Å². The first-order chi connectivity index (χ1) is 10.2. The number of amides is 1. The van der Waals surface area contributed by atoms with E-state index in [4.69, 9.17) is 9.84 Å². The number of carbonyl (C=O) groups is 1. The second-order valence-electron chi connectivity index (χ2n) is 4.95. The normalized spacial score (nSPS) is 17.0. The highest BCUT2D eigenvalue weighted by Gasteiger charge is 2.21. The Morgan fingerprint density at radius 3 is 3.05 bits per heavy atom. The van der Waals surface area contributed by atoms with Gasteiger partial charge < -0.3 is 15.2 Å². The Labute approximate surface area is 122 Å². The molecule has 1 aliphatic rings. The van der Waals surface area contributed by atoms with E-state index in [0.717, 1.165) is 23.1 Å². The van der Waals surface area contributed by atoms with E-state index in [1.165, 1.54) is 5.56 Å². The maximum Gasteiger partial charge on any atom is 0.404 e. The van der Waals surface area contributed by atoms with Crippen LogP contribution in [-0.2, 0) is 11.2 Å². The van der Waals surface area contributed by atoms with Gasteiger partial charge in [-0.1, -0.05) is 24.3 Å². The molecule has 1 aromatic heterocycles. The van der Waals surface area contributed by atoms with E-state index in [1.54, 1.807) is 6.20 Å². The molecule has 2 heterocycles. The average Bonchev–Trinajstić information content (AvgIpc) is 2.53. The third kappa shape index (κ3) is 3.03. The van der Waals surface area contributed by atoms with E-state index in [2.05, 4.69) is 16.4 Å². The molecule has 0 aliphatic carbocycles. The monoisotopic (exact) mass is 284 g/mol. The average molecular weight is 284 g/mol. The molecule has 5 nitrogen and oxygen atoms in total. The van der Waals surface area contributed by atoms with Gasteiger partial charge in [0.25, 0.3) is 0 Å². The van der Waals surface area contributed by atoms with Crippen LogP contribution in [0.25, 0.3) is 11.1 Å². The van der Waals surface area contributed by atoms with Gasteiger partial charge in [-0.25, -0.2) is 4.79 Å². The lowest BCUT2D eigenvalue weighted by molar-refractivity contribution is 0.0427. The molecule has 2 aromatic rings. The Morgan fingerprint density at radius 2 is 2.29 bits per heavy atom. The summed E-state index contributed by atoms with van der Waals surface area (Å²) >= 11 is 0. The van der Waals surface area contributed by atoms with Crippen molar-refractivity contribution in [3.63, 3.8) is 0 Å². The van der Waals surface area contributed by atoms with E-state index in [0.29, 0.717) is 6.61 Å². The van der Waals surface area contributed by atoms with Crippen molar-refractivity contribution in [2.24, 2.45) is 0 Å². The molecule has 0 saturated heterocycles. The number of aromatic nitrogens is 1. The van der Waals surface area contributed by atoms with Gasteiger partial charge in [0.15, 0.2) is 0 Å². The Balaban J connectivity index is 1.87. The Bertz CT molecular complexity index is 643. The fourth-order valence-corrected chi connectivity index (χ4v) is 2.60. The molecule has 1 aliphatic heterocycles. The van der Waals surface area contributed by atoms with Crippen molar-refractivity contribution in [1.29, 1.82) is 0 Å². The molecule has 5 heteroatoms. The molecule has 21 heavy (non-hydrogen) atoms. The molecule has 1 amide bonds. The van der Waals surface area contributed by atoms with Crippen LogP contribution in [-0.4, -0.2) is 29.3 Å². The van der Waals surface area contributed by atoms with Crippen molar-refractivity contribution in [3.05, 3.63) is 53.9 Å². The summed E-state index contributed by atoms with van der Waals surface area (Å²) in [7, 11) is 0. The van der Waals surface area contributed by atoms with Gasteiger partial charge >= 0.3 is 6.09 Å². The zero-order chi connectivity index (χ0) is 14.7. The number of nitrogens with one attached hydrogen (secondary N) is 1. The summed E-state index contributed by atoms with van der Waals surface area (Å²) < 4.78 is 5.66. The van der Waals surface area contributed by atoms with Gasteiger partial charge in [-0.2, -0.15) is 0 Å². The zero-order valence-electron chi connectivity index (χ0n) is 11.5. The molecule has 108 valence electrons. The van der Waals surface area contributed by atoms with Gasteiger partial charge in [0.05, 0.1) is 13.2 Å². The standard InChI is InChI=1S/C16H16N2O3/c19-16(20)18-10-15-14-4-3-11(8-12(14)5-7-21-15)13-2-1-6-17-9-13/h1-4,6,8-9,15,18H,5,7,10H2,(H,19,20)/t15-/m1/s1. The van der Waals surface area contributed by atoms with Gasteiger partial charge in [0.2, 0.25) is 0 Å². The van der Waals surface area contributed by atoms with Crippen LogP contribution in [0.1, 0.15) is 17.2 Å². The number of carboxylic acid groups (broad SMARTS) is 1. The van der Waals surface area contributed by atoms with Crippen molar-refractivity contribution in [3.8, 4) is 11.1 Å². The molecule has 0 fully saturated rings. The van der Waals surface area contributed by atoms with E-state index in [9.17, 15) is 4.79 Å². The fraction of sp³-hybridized carbons (Fsp3) is 0.250. The number of pyridine rings is 1. The molecular formula is C16H16N2O3. The SMILES string of the molecule is O=C(O)NC[C@H]1OCCc2cc(-c3cccnc3)ccc21. The first-order valence-electron chi connectivity index (χ1n) is 6.85. The van der Waals surface area contributed by atoms with Gasteiger partial charge in [-0.15, -0.1) is 0 Å². The van der Waals surface area contributed by atoms with Gasteiger partial charge in [0, 0.05) is 12.4 Å². The number of rotatable bonds is 3. The topological polar surface area (TPSA) is 71.5 Å². The van der Waals surface area contributed by atoms with Gasteiger partial charge in [-0.05, 0) is 34.7 Å². The van der Waals surface area contributed by atoms with Crippen LogP contribution in [0.3, 0.4) is 0 Å². The number of ether oxygens (including phenoxy) is 1. The minimum atomic E-state index is -1.03. The molecule has 1 atom stereocenters. The highest BCUT2D eigenvalue weighted by atomic mass is 16.5. The molecular weight excluding hydrogens is 268 g/mol. The molecule has 0 bridgehead atoms. The maximum absolute atomic E-state index is 10.6. The molecule has 1 aromatic carbocycles. The molecule has 2 N–H and O–H groups in total. The predicted octanol–water partition coefficient (Wildman–Crippen LogP) is 2.63. The van der Waals surface area contributed by atoms with Crippen LogP contribution >= 0.6 is 0 Å². The van der Waals surface area contributed by atoms with E-state index in [1.807, 2.05) is 30.5 Å². The lowest BCUT2D eigenvalue weighted by atomic mass is 9.93. The smallest absolute Gasteiger partial charge is 0.404 e. The van der Waals surface area contributed by atoms with E-state index in [-0.39, 0.29) is 12.6 Å². The third-order valence-electron chi connectivity index (χ3n) is 3.61. The maximum atomic E-state index is 10.6. The quantitative estimate of drug-likeness (QED) is 0.909. The summed E-state index contributed by atoms with van der Waals surface area (Å²) in [5.41, 5.74) is 4.46. The molecule has 0 unspecified atom stereocenters. The van der Waals surface area contributed by atoms with Crippen LogP contribution in [0.5, 0.6) is 0 Å². The number of benzene rings is 1. The van der Waals surface area contributed by atoms with E-state index >= 15 is 0 Å². The number of nitrogens with zero attached hydrogens (tertiary/aromatic N) is 1. The molecule has 0 radical (unpaired) electrons. The van der Waals surface area contributed by atoms with Crippen LogP contribution in [0.4, 0.5) is 4.79 Å². The van der Waals surface area contributed by atoms with Gasteiger partial charge in [-0.3, -0.25) is 4.98 Å². The minimum absolute atomic E-state index is 0.215. The third-order valence-corrected chi connectivity index (χ3v) is 3.61. The summed E-state index contributed by atoms with van der Waals surface area (Å²) in [4.78, 5) is 14.8. The first kappa shape index (κ1) is 13.6. The van der Waals surface area contributed by atoms with Crippen molar-refractivity contribution in [1.82, 2.24) is 10.3 Å². The number of hydrogen-bond acceptors (Lipinski definition) is 3. The second-order valence-corrected chi connectivity index (χ2v) is 4.95. The lowest BCUT2D eigenvalue weighted by Gasteiger charge is -2.26. The van der Waals surface area contributed by atoms with Crippen LogP contribution in [0, 0.1) is 0 Å². The van der Waals surface area contributed by atoms with Crippen LogP contribution in [0.15, 0.2) is 42.7 Å². The first-order valence-corrected chi connectivity index (χ1v) is 6.85. The highest BCUT2D eigenvalue weighted by Crippen LogP contribution is 2.30. The zero-order valence-corrected chi connectivity index (χ0v) is 11.5. The van der Waals surface area contributed by atoms with Crippen molar-refractivity contribution < 1.29 is 14.6 Å². The largest absolute Gasteiger partial charge is 0.465 e. The molecule has 3 rings (SSSR count). The minimum Gasteiger partial charge on any atom is -0.465 e. The Hall–Kier alpha value is -2.40. The summed E-state index contributed by atoms with van der Waals surface area (Å²) in [6, 6.07) is 10.1. The predicted molar refractivity (Wildman–Crippen MR) is 78.1 cm³/mol. The fourth-order valence-electron chi connectivity index (χ4n) is 2.60. The number of hydrogen-bond donors (Lipinski definition) is 2. The lowest BCUT2D eigenvalue weighted by Crippen LogP contribution is -2.30. The van der Waals surface area contributed by atoms with E-state index < -0.39 is 6.09 Å². The molecule has 0 saturated carbocycles. The second kappa shape index (κ2) is 5.93. The Kier molecular flexibility index (Phi) is 3.83. The van der Waals surface area contributed by atoms with Gasteiger partial charge in [0.1, 0.15) is 6.10 Å². The van der Waals surface area contributed by atoms with Crippen LogP contribution in [0.2, 0.25) is 0 Å². The van der Waals surface area contributed by atoms with Crippen molar-refractivity contribution >= 4 is 6.09 Å². The summed E-state index contributed by atoms with van der Waals surface area (Å²) in [5.74, 6) is 0. The summed E-state index contributed by atoms with van der Waals surface area (Å²) in [5, 5.41) is 11.1. The summed E-state index contributed by atoms with van der Waals surface area (Å²) in [6.45, 7) is 0.879. The number of fused-ring (bicyclic) bond motifs is 1. The van der Waals surface area contributed by atoms with Crippen molar-refractivity contribution in [2.45, 2.75) is 12.5 Å². The van der Waals surface area contributed by atoms with Crippen molar-refractivity contribution in [2.75, 3.05) is 13.2 Å².